The molecule has 1 fully saturated rings. The summed E-state index contributed by atoms with van der Waals surface area (Å²) in [5, 5.41) is 11.5. The molecule has 4 heteroatoms. The number of rotatable bonds is 1. The monoisotopic (exact) mass is 210 g/mol. The Balaban J connectivity index is 2.32. The molecule has 0 aromatic heterocycles. The lowest BCUT2D eigenvalue weighted by Crippen LogP contribution is -2.37. The van der Waals surface area contributed by atoms with Crippen LogP contribution >= 0.6 is 0 Å². The van der Waals surface area contributed by atoms with Crippen molar-refractivity contribution >= 4 is 6.09 Å². The van der Waals surface area contributed by atoms with E-state index in [4.69, 9.17) is 10.00 Å². The van der Waals surface area contributed by atoms with Crippen LogP contribution in [0.2, 0.25) is 0 Å². The van der Waals surface area contributed by atoms with Gasteiger partial charge < -0.3 is 10.1 Å². The minimum absolute atomic E-state index is 0.0879. The van der Waals surface area contributed by atoms with E-state index in [9.17, 15) is 4.79 Å². The van der Waals surface area contributed by atoms with E-state index in [-0.39, 0.29) is 18.1 Å². The average Bonchev–Trinajstić information content (AvgIpc) is 2.48. The van der Waals surface area contributed by atoms with Crippen molar-refractivity contribution < 1.29 is 9.53 Å². The Labute approximate surface area is 90.6 Å². The number of amides is 1. The summed E-state index contributed by atoms with van der Waals surface area (Å²) in [5.74, 6) is 0.0879. The van der Waals surface area contributed by atoms with E-state index >= 15 is 0 Å². The molecule has 4 nitrogen and oxygen atoms in total. The average molecular weight is 210 g/mol. The number of nitriles is 1. The minimum Gasteiger partial charge on any atom is -0.444 e. The molecule has 0 aromatic rings. The number of carbonyl (C=O) groups is 1. The highest BCUT2D eigenvalue weighted by Gasteiger charge is 2.27. The van der Waals surface area contributed by atoms with Gasteiger partial charge in [-0.3, -0.25) is 0 Å². The zero-order valence-corrected chi connectivity index (χ0v) is 9.54. The van der Waals surface area contributed by atoms with Gasteiger partial charge in [-0.25, -0.2) is 4.79 Å². The van der Waals surface area contributed by atoms with E-state index in [1.807, 2.05) is 20.8 Å². The molecule has 1 rings (SSSR count). The molecular weight excluding hydrogens is 192 g/mol. The summed E-state index contributed by atoms with van der Waals surface area (Å²) in [7, 11) is 0. The zero-order chi connectivity index (χ0) is 11.5. The van der Waals surface area contributed by atoms with Crippen LogP contribution in [0.1, 0.15) is 40.0 Å². The second kappa shape index (κ2) is 4.52. The molecule has 1 saturated carbocycles. The molecule has 1 amide bonds. The van der Waals surface area contributed by atoms with Crippen molar-refractivity contribution in [2.45, 2.75) is 51.7 Å². The van der Waals surface area contributed by atoms with Crippen molar-refractivity contribution in [2.75, 3.05) is 0 Å². The van der Waals surface area contributed by atoms with Crippen LogP contribution in [0.25, 0.3) is 0 Å². The SMILES string of the molecule is CC(C)(C)OC(=O)N[C@H]1CCC(C#N)C1. The second-order valence-electron chi connectivity index (χ2n) is 4.98. The molecule has 1 aliphatic carbocycles. The van der Waals surface area contributed by atoms with Crippen molar-refractivity contribution in [2.24, 2.45) is 5.92 Å². The normalized spacial score (nSPS) is 25.7. The van der Waals surface area contributed by atoms with Gasteiger partial charge in [0.2, 0.25) is 0 Å². The van der Waals surface area contributed by atoms with Crippen molar-refractivity contribution in [1.82, 2.24) is 5.32 Å². The van der Waals surface area contributed by atoms with Crippen LogP contribution in [0.15, 0.2) is 0 Å². The van der Waals surface area contributed by atoms with Crippen LogP contribution in [0.3, 0.4) is 0 Å². The summed E-state index contributed by atoms with van der Waals surface area (Å²) in [6.07, 6.45) is 2.11. The Bertz CT molecular complexity index is 275. The van der Waals surface area contributed by atoms with Crippen molar-refractivity contribution in [1.29, 1.82) is 5.26 Å². The number of nitrogens with one attached hydrogen (secondary N) is 1. The van der Waals surface area contributed by atoms with E-state index in [0.29, 0.717) is 0 Å². The Hall–Kier alpha value is -1.24. The predicted octanol–water partition coefficient (Wildman–Crippen LogP) is 2.20. The second-order valence-corrected chi connectivity index (χ2v) is 4.98. The third-order valence-electron chi connectivity index (χ3n) is 2.34. The van der Waals surface area contributed by atoms with Gasteiger partial charge in [0.25, 0.3) is 0 Å². The van der Waals surface area contributed by atoms with Gasteiger partial charge in [-0.05, 0) is 40.0 Å². The van der Waals surface area contributed by atoms with Gasteiger partial charge >= 0.3 is 6.09 Å². The molecule has 0 bridgehead atoms. The third-order valence-corrected chi connectivity index (χ3v) is 2.34. The maximum absolute atomic E-state index is 11.4. The van der Waals surface area contributed by atoms with E-state index in [1.54, 1.807) is 0 Å². The van der Waals surface area contributed by atoms with E-state index in [1.165, 1.54) is 0 Å². The maximum Gasteiger partial charge on any atom is 0.407 e. The molecule has 15 heavy (non-hydrogen) atoms. The molecule has 1 aliphatic rings. The van der Waals surface area contributed by atoms with Crippen molar-refractivity contribution in [3.63, 3.8) is 0 Å². The number of hydrogen-bond acceptors (Lipinski definition) is 3. The Kier molecular flexibility index (Phi) is 3.57. The number of hydrogen-bond donors (Lipinski definition) is 1. The van der Waals surface area contributed by atoms with Gasteiger partial charge in [0.05, 0.1) is 6.07 Å². The fourth-order valence-electron chi connectivity index (χ4n) is 1.70. The van der Waals surface area contributed by atoms with E-state index < -0.39 is 5.60 Å². The maximum atomic E-state index is 11.4. The number of nitrogens with zero attached hydrogens (tertiary/aromatic N) is 1. The van der Waals surface area contributed by atoms with Crippen LogP contribution in [0.5, 0.6) is 0 Å². The molecule has 0 radical (unpaired) electrons. The molecule has 0 spiro atoms. The first-order valence-electron chi connectivity index (χ1n) is 5.30. The summed E-state index contributed by atoms with van der Waals surface area (Å²) < 4.78 is 5.14. The summed E-state index contributed by atoms with van der Waals surface area (Å²) in [6, 6.07) is 2.32. The first kappa shape index (κ1) is 11.8. The molecule has 1 unspecified atom stereocenters. The molecular formula is C11H18N2O2. The third kappa shape index (κ3) is 4.20. The predicted molar refractivity (Wildman–Crippen MR) is 56.1 cm³/mol. The molecule has 84 valence electrons. The largest absolute Gasteiger partial charge is 0.444 e. The van der Waals surface area contributed by atoms with Gasteiger partial charge in [0, 0.05) is 12.0 Å². The van der Waals surface area contributed by atoms with Crippen molar-refractivity contribution in [3.05, 3.63) is 0 Å². The fraction of sp³-hybridized carbons (Fsp3) is 0.818. The lowest BCUT2D eigenvalue weighted by atomic mass is 10.1. The molecule has 0 aliphatic heterocycles. The Morgan fingerprint density at radius 2 is 2.13 bits per heavy atom. The Morgan fingerprint density at radius 3 is 2.60 bits per heavy atom. The minimum atomic E-state index is -0.461. The zero-order valence-electron chi connectivity index (χ0n) is 9.54. The van der Waals surface area contributed by atoms with Crippen LogP contribution < -0.4 is 5.32 Å². The first-order valence-corrected chi connectivity index (χ1v) is 5.30. The topological polar surface area (TPSA) is 62.1 Å². The van der Waals surface area contributed by atoms with Gasteiger partial charge in [-0.1, -0.05) is 0 Å². The molecule has 0 heterocycles. The van der Waals surface area contributed by atoms with Gasteiger partial charge in [0.15, 0.2) is 0 Å². The lowest BCUT2D eigenvalue weighted by molar-refractivity contribution is 0.0505. The van der Waals surface area contributed by atoms with Crippen LogP contribution in [0.4, 0.5) is 4.79 Å². The lowest BCUT2D eigenvalue weighted by Gasteiger charge is -2.21. The highest BCUT2D eigenvalue weighted by atomic mass is 16.6. The smallest absolute Gasteiger partial charge is 0.407 e. The number of ether oxygens (including phenoxy) is 1. The standard InChI is InChI=1S/C11H18N2O2/c1-11(2,3)15-10(14)13-9-5-4-8(6-9)7-12/h8-9H,4-6H2,1-3H3,(H,13,14)/t8?,9-/m0/s1. The summed E-state index contributed by atoms with van der Waals surface area (Å²) >= 11 is 0. The van der Waals surface area contributed by atoms with Crippen LogP contribution in [-0.4, -0.2) is 17.7 Å². The first-order chi connectivity index (χ1) is 6.90. The number of alkyl carbamates (subject to hydrolysis) is 1. The molecule has 2 atom stereocenters. The highest BCUT2D eigenvalue weighted by molar-refractivity contribution is 5.68. The van der Waals surface area contributed by atoms with Crippen LogP contribution in [0, 0.1) is 17.2 Å². The summed E-state index contributed by atoms with van der Waals surface area (Å²) in [6.45, 7) is 5.50. The summed E-state index contributed by atoms with van der Waals surface area (Å²) in [4.78, 5) is 11.4. The van der Waals surface area contributed by atoms with Gasteiger partial charge in [0.1, 0.15) is 5.60 Å². The number of carbonyl (C=O) groups excluding carboxylic acids is 1. The van der Waals surface area contributed by atoms with Gasteiger partial charge in [-0.2, -0.15) is 5.26 Å². The summed E-state index contributed by atoms with van der Waals surface area (Å²) in [5.41, 5.74) is -0.461. The van der Waals surface area contributed by atoms with E-state index in [2.05, 4.69) is 11.4 Å². The van der Waals surface area contributed by atoms with Gasteiger partial charge in [-0.15, -0.1) is 0 Å². The Morgan fingerprint density at radius 1 is 1.47 bits per heavy atom. The van der Waals surface area contributed by atoms with E-state index in [0.717, 1.165) is 19.3 Å². The van der Waals surface area contributed by atoms with Crippen LogP contribution in [-0.2, 0) is 4.74 Å². The fourth-order valence-corrected chi connectivity index (χ4v) is 1.70. The molecule has 0 saturated heterocycles. The quantitative estimate of drug-likeness (QED) is 0.721. The highest BCUT2D eigenvalue weighted by Crippen LogP contribution is 2.24. The molecule has 0 aromatic carbocycles. The molecule has 1 N–H and O–H groups in total. The van der Waals surface area contributed by atoms with Crippen molar-refractivity contribution in [3.8, 4) is 6.07 Å².